The van der Waals surface area contributed by atoms with Crippen LogP contribution < -0.4 is 10.7 Å². The third-order valence-electron chi connectivity index (χ3n) is 7.21. The molecule has 1 saturated heterocycles. The Morgan fingerprint density at radius 2 is 1.65 bits per heavy atom. The van der Waals surface area contributed by atoms with E-state index in [2.05, 4.69) is 5.32 Å². The number of amides is 2. The Bertz CT molecular complexity index is 1680. The summed E-state index contributed by atoms with van der Waals surface area (Å²) in [6.45, 7) is -0.267. The second kappa shape index (κ2) is 10.0. The van der Waals surface area contributed by atoms with E-state index in [1.807, 2.05) is 60.7 Å². The topological polar surface area (TPSA) is 101 Å². The number of hydrogen-bond donors (Lipinski definition) is 2. The molecular weight excluding hydrogens is 520 g/mol. The van der Waals surface area contributed by atoms with Crippen molar-refractivity contribution in [1.82, 2.24) is 14.8 Å². The average molecular weight is 544 g/mol. The van der Waals surface area contributed by atoms with E-state index in [1.54, 1.807) is 0 Å². The molecule has 10 heteroatoms. The smallest absolute Gasteiger partial charge is 0.277 e. The number of pyridine rings is 1. The lowest BCUT2D eigenvalue weighted by Gasteiger charge is -2.35. The second-order valence-electron chi connectivity index (χ2n) is 9.63. The highest BCUT2D eigenvalue weighted by atomic mass is 19.1. The normalized spacial score (nSPS) is 19.7. The summed E-state index contributed by atoms with van der Waals surface area (Å²) in [5.41, 5.74) is -0.0176. The lowest BCUT2D eigenvalue weighted by Crippen LogP contribution is -2.47. The summed E-state index contributed by atoms with van der Waals surface area (Å²) in [6.07, 6.45) is -0.0732. The van der Waals surface area contributed by atoms with E-state index in [1.165, 1.54) is 21.7 Å². The second-order valence-corrected chi connectivity index (χ2v) is 9.63. The highest BCUT2D eigenvalue weighted by molar-refractivity contribution is 5.99. The van der Waals surface area contributed by atoms with Crippen LogP contribution in [0.4, 0.5) is 8.78 Å². The molecule has 0 aliphatic carbocycles. The van der Waals surface area contributed by atoms with Gasteiger partial charge in [0.25, 0.3) is 11.8 Å². The van der Waals surface area contributed by atoms with Crippen molar-refractivity contribution < 1.29 is 28.2 Å². The van der Waals surface area contributed by atoms with E-state index >= 15 is 0 Å². The lowest BCUT2D eigenvalue weighted by molar-refractivity contribution is -0.0154. The first-order chi connectivity index (χ1) is 19.3. The van der Waals surface area contributed by atoms with Gasteiger partial charge >= 0.3 is 0 Å². The van der Waals surface area contributed by atoms with Crippen LogP contribution in [-0.4, -0.2) is 32.6 Å². The molecule has 1 fully saturated rings. The Kier molecular flexibility index (Phi) is 6.39. The first-order valence-corrected chi connectivity index (χ1v) is 12.6. The van der Waals surface area contributed by atoms with Crippen molar-refractivity contribution in [1.29, 1.82) is 0 Å². The summed E-state index contributed by atoms with van der Waals surface area (Å²) in [6, 6.07) is 21.2. The van der Waals surface area contributed by atoms with Crippen LogP contribution in [0.3, 0.4) is 0 Å². The zero-order chi connectivity index (χ0) is 28.0. The number of benzene rings is 3. The van der Waals surface area contributed by atoms with Crippen LogP contribution in [0.25, 0.3) is 0 Å². The van der Waals surface area contributed by atoms with Gasteiger partial charge < -0.3 is 19.7 Å². The lowest BCUT2D eigenvalue weighted by atomic mass is 9.94. The Balaban J connectivity index is 1.34. The van der Waals surface area contributed by atoms with Crippen molar-refractivity contribution in [3.05, 3.63) is 135 Å². The number of carbonyl (C=O) groups is 2. The molecule has 0 bridgehead atoms. The molecule has 0 saturated carbocycles. The van der Waals surface area contributed by atoms with E-state index in [0.717, 1.165) is 17.2 Å². The molecule has 2 N–H and O–H groups in total. The number of halogens is 2. The van der Waals surface area contributed by atoms with Gasteiger partial charge in [0.15, 0.2) is 17.7 Å². The fraction of sp³-hybridized carbons (Fsp3) is 0.167. The van der Waals surface area contributed by atoms with Crippen molar-refractivity contribution in [2.24, 2.45) is 0 Å². The van der Waals surface area contributed by atoms with Gasteiger partial charge in [-0.1, -0.05) is 66.7 Å². The standard InChI is InChI=1S/C30H23F2N3O5/c31-20-12-11-19(22(32)13-20)14-33-29(38)21-15-34-16-23-35(30(39)25(34)27(37)26(21)36)24(17-7-3-1-4-8-17)28(40-23)18-9-5-2-6-10-18/h1-13,15,23-24,28,37H,14,16H2,(H,33,38)/t23-,24-,28+/m1/s1. The van der Waals surface area contributed by atoms with Crippen LogP contribution in [0.15, 0.2) is 89.9 Å². The van der Waals surface area contributed by atoms with Gasteiger partial charge in [-0.25, -0.2) is 8.78 Å². The average Bonchev–Trinajstić information content (AvgIpc) is 3.35. The summed E-state index contributed by atoms with van der Waals surface area (Å²) in [7, 11) is 0. The molecule has 2 amide bonds. The van der Waals surface area contributed by atoms with Gasteiger partial charge in [0, 0.05) is 24.4 Å². The third kappa shape index (κ3) is 4.32. The van der Waals surface area contributed by atoms with Gasteiger partial charge in [-0.05, 0) is 17.2 Å². The number of ether oxygens (including phenoxy) is 1. The van der Waals surface area contributed by atoms with Crippen molar-refractivity contribution in [3.8, 4) is 5.75 Å². The molecule has 3 aromatic carbocycles. The Hall–Kier alpha value is -4.83. The van der Waals surface area contributed by atoms with E-state index in [4.69, 9.17) is 4.74 Å². The number of nitrogens with one attached hydrogen (secondary N) is 1. The zero-order valence-corrected chi connectivity index (χ0v) is 21.0. The van der Waals surface area contributed by atoms with Crippen LogP contribution >= 0.6 is 0 Å². The number of aromatic hydroxyl groups is 1. The Morgan fingerprint density at radius 1 is 0.975 bits per heavy atom. The fourth-order valence-corrected chi connectivity index (χ4v) is 5.32. The molecular formula is C30H23F2N3O5. The minimum atomic E-state index is -1.04. The molecule has 0 spiro atoms. The highest BCUT2D eigenvalue weighted by Crippen LogP contribution is 2.47. The van der Waals surface area contributed by atoms with Crippen molar-refractivity contribution in [3.63, 3.8) is 0 Å². The molecule has 3 heterocycles. The molecule has 6 rings (SSSR count). The molecule has 0 unspecified atom stereocenters. The van der Waals surface area contributed by atoms with Crippen LogP contribution in [0.5, 0.6) is 5.75 Å². The van der Waals surface area contributed by atoms with E-state index < -0.39 is 58.6 Å². The number of fused-ring (bicyclic) bond motifs is 2. The molecule has 2 aliphatic heterocycles. The van der Waals surface area contributed by atoms with Gasteiger partial charge in [-0.15, -0.1) is 0 Å². The quantitative estimate of drug-likeness (QED) is 0.396. The first-order valence-electron chi connectivity index (χ1n) is 12.6. The zero-order valence-electron chi connectivity index (χ0n) is 21.0. The van der Waals surface area contributed by atoms with Crippen LogP contribution in [-0.2, 0) is 17.8 Å². The van der Waals surface area contributed by atoms with Gasteiger partial charge in [0.2, 0.25) is 5.43 Å². The number of hydrogen-bond acceptors (Lipinski definition) is 5. The summed E-state index contributed by atoms with van der Waals surface area (Å²) in [5, 5.41) is 13.3. The fourth-order valence-electron chi connectivity index (χ4n) is 5.32. The molecule has 1 aromatic heterocycles. The SMILES string of the molecule is O=C(NCc1ccc(F)cc1F)c1cn2c(c(O)c1=O)C(=O)N1[C@H](c3ccccc3)[C@H](c3ccccc3)O[C@@H]1C2. The Morgan fingerprint density at radius 3 is 2.33 bits per heavy atom. The maximum absolute atomic E-state index is 14.0. The Labute approximate surface area is 227 Å². The summed E-state index contributed by atoms with van der Waals surface area (Å²) >= 11 is 0. The van der Waals surface area contributed by atoms with E-state index in [0.29, 0.717) is 6.07 Å². The molecule has 3 atom stereocenters. The number of nitrogens with zero attached hydrogens (tertiary/aromatic N) is 2. The van der Waals surface area contributed by atoms with Gasteiger partial charge in [-0.3, -0.25) is 19.3 Å². The van der Waals surface area contributed by atoms with E-state index in [-0.39, 0.29) is 24.3 Å². The predicted molar refractivity (Wildman–Crippen MR) is 139 cm³/mol. The molecule has 4 aromatic rings. The predicted octanol–water partition coefficient (Wildman–Crippen LogP) is 4.06. The molecule has 202 valence electrons. The molecule has 8 nitrogen and oxygen atoms in total. The summed E-state index contributed by atoms with van der Waals surface area (Å²) in [4.78, 5) is 41.3. The first kappa shape index (κ1) is 25.4. The van der Waals surface area contributed by atoms with Crippen molar-refractivity contribution in [2.45, 2.75) is 31.5 Å². The minimum Gasteiger partial charge on any atom is -0.503 e. The molecule has 0 radical (unpaired) electrons. The highest BCUT2D eigenvalue weighted by Gasteiger charge is 2.50. The van der Waals surface area contributed by atoms with Crippen LogP contribution in [0.1, 0.15) is 49.7 Å². The largest absolute Gasteiger partial charge is 0.503 e. The summed E-state index contributed by atoms with van der Waals surface area (Å²) < 4.78 is 34.9. The number of rotatable bonds is 5. The number of carbonyl (C=O) groups excluding carboxylic acids is 2. The third-order valence-corrected chi connectivity index (χ3v) is 7.21. The molecule has 40 heavy (non-hydrogen) atoms. The van der Waals surface area contributed by atoms with Crippen LogP contribution in [0, 0.1) is 11.6 Å². The van der Waals surface area contributed by atoms with Gasteiger partial charge in [-0.2, -0.15) is 0 Å². The minimum absolute atomic E-state index is 0.0149. The number of aromatic nitrogens is 1. The summed E-state index contributed by atoms with van der Waals surface area (Å²) in [5.74, 6) is -3.97. The van der Waals surface area contributed by atoms with Gasteiger partial charge in [0.1, 0.15) is 23.3 Å². The van der Waals surface area contributed by atoms with E-state index in [9.17, 15) is 28.3 Å². The van der Waals surface area contributed by atoms with Crippen molar-refractivity contribution in [2.75, 3.05) is 0 Å². The maximum Gasteiger partial charge on any atom is 0.277 e. The maximum atomic E-state index is 14.0. The van der Waals surface area contributed by atoms with Crippen molar-refractivity contribution >= 4 is 11.8 Å². The van der Waals surface area contributed by atoms with Gasteiger partial charge in [0.05, 0.1) is 12.6 Å². The van der Waals surface area contributed by atoms with Crippen LogP contribution in [0.2, 0.25) is 0 Å². The molecule has 2 aliphatic rings. The monoisotopic (exact) mass is 543 g/mol.